The molecule has 1 amide bonds. The molecule has 0 aromatic heterocycles. The Hall–Kier alpha value is -1.51. The van der Waals surface area contributed by atoms with E-state index in [2.05, 4.69) is 26.1 Å². The summed E-state index contributed by atoms with van der Waals surface area (Å²) in [7, 11) is 0. The van der Waals surface area contributed by atoms with Crippen LogP contribution < -0.4 is 11.1 Å². The predicted octanol–water partition coefficient (Wildman–Crippen LogP) is 2.74. The summed E-state index contributed by atoms with van der Waals surface area (Å²) in [4.78, 5) is 11.9. The fraction of sp³-hybridized carbons (Fsp3) is 0.500. The molecular formula is C14H22N2O. The minimum atomic E-state index is -0.0910. The van der Waals surface area contributed by atoms with Crippen LogP contribution >= 0.6 is 0 Å². The summed E-state index contributed by atoms with van der Waals surface area (Å²) in [5.41, 5.74) is 8.21. The van der Waals surface area contributed by atoms with E-state index >= 15 is 0 Å². The molecule has 0 heterocycles. The van der Waals surface area contributed by atoms with Gasteiger partial charge in [-0.3, -0.25) is 4.79 Å². The minimum absolute atomic E-state index is 0.0910. The molecule has 3 heteroatoms. The van der Waals surface area contributed by atoms with Gasteiger partial charge in [-0.25, -0.2) is 0 Å². The van der Waals surface area contributed by atoms with Crippen LogP contribution in [0.25, 0.3) is 0 Å². The summed E-state index contributed by atoms with van der Waals surface area (Å²) < 4.78 is 0. The first-order valence-electron chi connectivity index (χ1n) is 5.94. The summed E-state index contributed by atoms with van der Waals surface area (Å²) in [6.45, 7) is 9.09. The topological polar surface area (TPSA) is 55.1 Å². The van der Waals surface area contributed by atoms with E-state index in [1.165, 1.54) is 0 Å². The number of carbonyl (C=O) groups excluding carboxylic acids is 1. The highest BCUT2D eigenvalue weighted by atomic mass is 16.1. The number of nitrogen functional groups attached to an aromatic ring is 1. The zero-order valence-electron chi connectivity index (χ0n) is 11.1. The Kier molecular flexibility index (Phi) is 4.16. The third kappa shape index (κ3) is 4.47. The molecule has 0 aliphatic rings. The first kappa shape index (κ1) is 13.6. The quantitative estimate of drug-likeness (QED) is 0.790. The lowest BCUT2D eigenvalue weighted by Gasteiger charge is -2.18. The van der Waals surface area contributed by atoms with Gasteiger partial charge < -0.3 is 11.1 Å². The molecule has 1 aromatic carbocycles. The fourth-order valence-corrected chi connectivity index (χ4v) is 1.54. The Morgan fingerprint density at radius 3 is 2.53 bits per heavy atom. The van der Waals surface area contributed by atoms with Crippen LogP contribution in [0.5, 0.6) is 0 Å². The number of benzene rings is 1. The Morgan fingerprint density at radius 1 is 1.35 bits per heavy atom. The van der Waals surface area contributed by atoms with Crippen LogP contribution in [0.4, 0.5) is 5.69 Å². The molecular weight excluding hydrogens is 212 g/mol. The van der Waals surface area contributed by atoms with Crippen molar-refractivity contribution in [3.05, 3.63) is 29.3 Å². The number of hydrogen-bond donors (Lipinski definition) is 2. The van der Waals surface area contributed by atoms with Crippen LogP contribution in [-0.4, -0.2) is 12.5 Å². The number of rotatable bonds is 3. The third-order valence-corrected chi connectivity index (χ3v) is 2.61. The smallest absolute Gasteiger partial charge is 0.253 e. The van der Waals surface area contributed by atoms with Crippen LogP contribution in [0.2, 0.25) is 0 Å². The largest absolute Gasteiger partial charge is 0.398 e. The number of hydrogen-bond acceptors (Lipinski definition) is 2. The number of nitrogens with two attached hydrogens (primary N) is 1. The second-order valence-electron chi connectivity index (χ2n) is 5.66. The average molecular weight is 234 g/mol. The van der Waals surface area contributed by atoms with E-state index in [0.29, 0.717) is 17.8 Å². The average Bonchev–Trinajstić information content (AvgIpc) is 2.15. The van der Waals surface area contributed by atoms with Crippen LogP contribution in [0, 0.1) is 12.3 Å². The summed E-state index contributed by atoms with van der Waals surface area (Å²) in [6.07, 6.45) is 0.949. The number of amides is 1. The third-order valence-electron chi connectivity index (χ3n) is 2.61. The molecule has 3 nitrogen and oxygen atoms in total. The van der Waals surface area contributed by atoms with E-state index in [1.807, 2.05) is 19.1 Å². The monoisotopic (exact) mass is 234 g/mol. The first-order valence-corrected chi connectivity index (χ1v) is 5.94. The highest BCUT2D eigenvalue weighted by Gasteiger charge is 2.12. The minimum Gasteiger partial charge on any atom is -0.398 e. The van der Waals surface area contributed by atoms with Gasteiger partial charge in [-0.1, -0.05) is 26.8 Å². The van der Waals surface area contributed by atoms with Crippen LogP contribution in [0.1, 0.15) is 43.1 Å². The van der Waals surface area contributed by atoms with Crippen molar-refractivity contribution in [1.29, 1.82) is 0 Å². The second-order valence-corrected chi connectivity index (χ2v) is 5.66. The highest BCUT2D eigenvalue weighted by molar-refractivity contribution is 5.99. The van der Waals surface area contributed by atoms with Gasteiger partial charge in [-0.05, 0) is 36.5 Å². The van der Waals surface area contributed by atoms with E-state index in [-0.39, 0.29) is 11.3 Å². The molecule has 94 valence electrons. The molecule has 3 N–H and O–H groups in total. The van der Waals surface area contributed by atoms with E-state index < -0.39 is 0 Å². The van der Waals surface area contributed by atoms with E-state index in [9.17, 15) is 4.79 Å². The van der Waals surface area contributed by atoms with Gasteiger partial charge in [0.2, 0.25) is 0 Å². The Bertz CT molecular complexity index is 405. The lowest BCUT2D eigenvalue weighted by Crippen LogP contribution is -2.27. The molecule has 0 aliphatic carbocycles. The SMILES string of the molecule is Cc1ccc(C(=O)NCCC(C)(C)C)c(N)c1. The van der Waals surface area contributed by atoms with Crippen molar-refractivity contribution in [3.8, 4) is 0 Å². The van der Waals surface area contributed by atoms with Crippen molar-refractivity contribution in [2.45, 2.75) is 34.1 Å². The number of aryl methyl sites for hydroxylation is 1. The molecule has 1 rings (SSSR count). The first-order chi connectivity index (χ1) is 7.79. The second kappa shape index (κ2) is 5.21. The maximum atomic E-state index is 11.9. The van der Waals surface area contributed by atoms with Gasteiger partial charge in [-0.2, -0.15) is 0 Å². The highest BCUT2D eigenvalue weighted by Crippen LogP contribution is 2.17. The summed E-state index contributed by atoms with van der Waals surface area (Å²) in [5.74, 6) is -0.0910. The van der Waals surface area contributed by atoms with Crippen molar-refractivity contribution in [2.75, 3.05) is 12.3 Å². The van der Waals surface area contributed by atoms with Gasteiger partial charge in [0, 0.05) is 12.2 Å². The van der Waals surface area contributed by atoms with E-state index in [0.717, 1.165) is 12.0 Å². The van der Waals surface area contributed by atoms with E-state index in [4.69, 9.17) is 5.73 Å². The molecule has 0 aliphatic heterocycles. The van der Waals surface area contributed by atoms with Gasteiger partial charge in [0.05, 0.1) is 5.56 Å². The molecule has 1 aromatic rings. The van der Waals surface area contributed by atoms with Gasteiger partial charge in [0.25, 0.3) is 5.91 Å². The van der Waals surface area contributed by atoms with Gasteiger partial charge in [0.15, 0.2) is 0 Å². The number of anilines is 1. The standard InChI is InChI=1S/C14H22N2O/c1-10-5-6-11(12(15)9-10)13(17)16-8-7-14(2,3)4/h5-6,9H,7-8,15H2,1-4H3,(H,16,17). The predicted molar refractivity (Wildman–Crippen MR) is 72.0 cm³/mol. The molecule has 0 saturated heterocycles. The lowest BCUT2D eigenvalue weighted by molar-refractivity contribution is 0.0950. The maximum Gasteiger partial charge on any atom is 0.253 e. The van der Waals surface area contributed by atoms with E-state index in [1.54, 1.807) is 6.07 Å². The van der Waals surface area contributed by atoms with Gasteiger partial charge in [0.1, 0.15) is 0 Å². The zero-order valence-corrected chi connectivity index (χ0v) is 11.1. The summed E-state index contributed by atoms with van der Waals surface area (Å²) in [6, 6.07) is 5.49. The van der Waals surface area contributed by atoms with Crippen LogP contribution in [0.3, 0.4) is 0 Å². The Balaban J connectivity index is 2.59. The van der Waals surface area contributed by atoms with Crippen molar-refractivity contribution in [1.82, 2.24) is 5.32 Å². The molecule has 0 spiro atoms. The molecule has 0 unspecified atom stereocenters. The summed E-state index contributed by atoms with van der Waals surface area (Å²) >= 11 is 0. The Labute approximate surface area is 103 Å². The van der Waals surface area contributed by atoms with Crippen LogP contribution in [0.15, 0.2) is 18.2 Å². The van der Waals surface area contributed by atoms with Crippen molar-refractivity contribution < 1.29 is 4.79 Å². The molecule has 17 heavy (non-hydrogen) atoms. The van der Waals surface area contributed by atoms with Crippen LogP contribution in [-0.2, 0) is 0 Å². The normalized spacial score (nSPS) is 11.3. The molecule has 0 atom stereocenters. The van der Waals surface area contributed by atoms with Crippen molar-refractivity contribution in [3.63, 3.8) is 0 Å². The van der Waals surface area contributed by atoms with Gasteiger partial charge >= 0.3 is 0 Å². The maximum absolute atomic E-state index is 11.9. The molecule has 0 saturated carbocycles. The van der Waals surface area contributed by atoms with Crippen molar-refractivity contribution >= 4 is 11.6 Å². The zero-order chi connectivity index (χ0) is 13.1. The fourth-order valence-electron chi connectivity index (χ4n) is 1.54. The molecule has 0 bridgehead atoms. The van der Waals surface area contributed by atoms with Gasteiger partial charge in [-0.15, -0.1) is 0 Å². The Morgan fingerprint density at radius 2 is 2.00 bits per heavy atom. The summed E-state index contributed by atoms with van der Waals surface area (Å²) in [5, 5.41) is 2.90. The lowest BCUT2D eigenvalue weighted by atomic mass is 9.92. The molecule has 0 fully saturated rings. The van der Waals surface area contributed by atoms with Crippen molar-refractivity contribution in [2.24, 2.45) is 5.41 Å². The number of nitrogens with one attached hydrogen (secondary N) is 1. The molecule has 0 radical (unpaired) electrons. The number of carbonyl (C=O) groups is 1.